The van der Waals surface area contributed by atoms with Gasteiger partial charge in [-0.25, -0.2) is 4.98 Å². The number of aromatic nitrogens is 2. The maximum atomic E-state index is 6.31. The Labute approximate surface area is 127 Å². The third kappa shape index (κ3) is 3.38. The molecule has 0 saturated heterocycles. The largest absolute Gasteiger partial charge is 0.491 e. The molecule has 4 nitrogen and oxygen atoms in total. The summed E-state index contributed by atoms with van der Waals surface area (Å²) in [4.78, 5) is 4.78. The van der Waals surface area contributed by atoms with Gasteiger partial charge in [-0.15, -0.1) is 0 Å². The molecule has 0 aliphatic carbocycles. The lowest BCUT2D eigenvalue weighted by Gasteiger charge is -2.17. The predicted octanol–water partition coefficient (Wildman–Crippen LogP) is 4.20. The van der Waals surface area contributed by atoms with Gasteiger partial charge in [-0.1, -0.05) is 13.3 Å². The van der Waals surface area contributed by atoms with Crippen molar-refractivity contribution < 1.29 is 4.74 Å². The van der Waals surface area contributed by atoms with Crippen LogP contribution in [-0.4, -0.2) is 15.7 Å². The van der Waals surface area contributed by atoms with Crippen molar-refractivity contribution in [2.24, 2.45) is 5.73 Å². The maximum absolute atomic E-state index is 6.31. The molecule has 0 radical (unpaired) electrons. The zero-order chi connectivity index (χ0) is 15.6. The molecule has 1 aromatic heterocycles. The van der Waals surface area contributed by atoms with Gasteiger partial charge in [-0.2, -0.15) is 0 Å². The Kier molecular flexibility index (Phi) is 4.88. The van der Waals surface area contributed by atoms with E-state index in [2.05, 4.69) is 31.4 Å². The molecule has 1 aromatic carbocycles. The van der Waals surface area contributed by atoms with Crippen molar-refractivity contribution in [2.45, 2.75) is 65.6 Å². The number of hydrogen-bond donors (Lipinski definition) is 1. The second kappa shape index (κ2) is 6.48. The van der Waals surface area contributed by atoms with E-state index in [0.717, 1.165) is 35.4 Å². The molecule has 0 bridgehead atoms. The summed E-state index contributed by atoms with van der Waals surface area (Å²) in [6, 6.07) is 6.43. The van der Waals surface area contributed by atoms with Gasteiger partial charge in [0.2, 0.25) is 0 Å². The van der Waals surface area contributed by atoms with E-state index in [1.807, 2.05) is 26.0 Å². The van der Waals surface area contributed by atoms with Gasteiger partial charge >= 0.3 is 0 Å². The van der Waals surface area contributed by atoms with Gasteiger partial charge in [0.15, 0.2) is 0 Å². The molecule has 1 unspecified atom stereocenters. The van der Waals surface area contributed by atoms with Crippen molar-refractivity contribution in [3.8, 4) is 5.75 Å². The minimum Gasteiger partial charge on any atom is -0.491 e. The van der Waals surface area contributed by atoms with Crippen LogP contribution in [0.15, 0.2) is 18.2 Å². The fourth-order valence-corrected chi connectivity index (χ4v) is 2.69. The van der Waals surface area contributed by atoms with Crippen LogP contribution in [0.5, 0.6) is 5.75 Å². The van der Waals surface area contributed by atoms with Crippen molar-refractivity contribution in [2.75, 3.05) is 0 Å². The van der Waals surface area contributed by atoms with Gasteiger partial charge in [0, 0.05) is 12.1 Å². The number of benzene rings is 1. The zero-order valence-electron chi connectivity index (χ0n) is 13.8. The van der Waals surface area contributed by atoms with Crippen molar-refractivity contribution >= 4 is 11.0 Å². The molecule has 116 valence electrons. The summed E-state index contributed by atoms with van der Waals surface area (Å²) in [7, 11) is 0. The highest BCUT2D eigenvalue weighted by atomic mass is 16.5. The zero-order valence-corrected chi connectivity index (χ0v) is 13.8. The van der Waals surface area contributed by atoms with Gasteiger partial charge in [0.1, 0.15) is 11.6 Å². The van der Waals surface area contributed by atoms with E-state index >= 15 is 0 Å². The molecule has 0 aliphatic heterocycles. The Morgan fingerprint density at radius 3 is 2.52 bits per heavy atom. The standard InChI is InChI=1S/C17H27N3O/c1-6-7-14(18)17-19-15-10-13(21-12(4)5)8-9-16(15)20(17)11(2)3/h8-12,14H,6-7,18H2,1-5H3. The number of nitrogens with two attached hydrogens (primary N) is 1. The van der Waals surface area contributed by atoms with Crippen LogP contribution < -0.4 is 10.5 Å². The average molecular weight is 289 g/mol. The SMILES string of the molecule is CCCC(N)c1nc2cc(OC(C)C)ccc2n1C(C)C. The van der Waals surface area contributed by atoms with E-state index in [1.165, 1.54) is 0 Å². The summed E-state index contributed by atoms with van der Waals surface area (Å²) in [5, 5.41) is 0. The van der Waals surface area contributed by atoms with E-state index in [1.54, 1.807) is 0 Å². The number of imidazole rings is 1. The molecule has 2 N–H and O–H groups in total. The lowest BCUT2D eigenvalue weighted by atomic mass is 10.1. The van der Waals surface area contributed by atoms with Crippen LogP contribution in [0.3, 0.4) is 0 Å². The van der Waals surface area contributed by atoms with Crippen LogP contribution in [0.2, 0.25) is 0 Å². The third-order valence-electron chi connectivity index (χ3n) is 3.51. The van der Waals surface area contributed by atoms with Crippen LogP contribution in [0.1, 0.15) is 65.4 Å². The minimum absolute atomic E-state index is 0.0146. The highest BCUT2D eigenvalue weighted by Crippen LogP contribution is 2.28. The molecule has 0 aliphatic rings. The van der Waals surface area contributed by atoms with Gasteiger partial charge in [0.05, 0.1) is 23.2 Å². The number of nitrogens with zero attached hydrogens (tertiary/aromatic N) is 2. The van der Waals surface area contributed by atoms with Gasteiger partial charge in [-0.3, -0.25) is 0 Å². The summed E-state index contributed by atoms with van der Waals surface area (Å²) in [6.45, 7) is 10.5. The minimum atomic E-state index is -0.0146. The average Bonchev–Trinajstić information content (AvgIpc) is 2.76. The van der Waals surface area contributed by atoms with Crippen molar-refractivity contribution in [3.05, 3.63) is 24.0 Å². The Hall–Kier alpha value is -1.55. The van der Waals surface area contributed by atoms with Gasteiger partial charge in [-0.05, 0) is 46.2 Å². The van der Waals surface area contributed by atoms with Crippen LogP contribution in [0.25, 0.3) is 11.0 Å². The molecular weight excluding hydrogens is 262 g/mol. The molecule has 21 heavy (non-hydrogen) atoms. The first kappa shape index (κ1) is 15.8. The first-order chi connectivity index (χ1) is 9.93. The maximum Gasteiger partial charge on any atom is 0.127 e. The quantitative estimate of drug-likeness (QED) is 0.867. The molecule has 2 aromatic rings. The highest BCUT2D eigenvalue weighted by Gasteiger charge is 2.18. The first-order valence-electron chi connectivity index (χ1n) is 7.88. The van der Waals surface area contributed by atoms with Crippen LogP contribution in [0.4, 0.5) is 0 Å². The molecule has 0 saturated carbocycles. The smallest absolute Gasteiger partial charge is 0.127 e. The summed E-state index contributed by atoms with van der Waals surface area (Å²) >= 11 is 0. The van der Waals surface area contributed by atoms with Gasteiger partial charge < -0.3 is 15.0 Å². The molecule has 2 rings (SSSR count). The third-order valence-corrected chi connectivity index (χ3v) is 3.51. The normalized spacial score (nSPS) is 13.3. The number of ether oxygens (including phenoxy) is 1. The predicted molar refractivity (Wildman–Crippen MR) is 87.7 cm³/mol. The summed E-state index contributed by atoms with van der Waals surface area (Å²) in [5.74, 6) is 1.84. The monoisotopic (exact) mass is 289 g/mol. The number of rotatable bonds is 6. The van der Waals surface area contributed by atoms with Crippen molar-refractivity contribution in [3.63, 3.8) is 0 Å². The molecule has 1 atom stereocenters. The topological polar surface area (TPSA) is 53.1 Å². The van der Waals surface area contributed by atoms with E-state index < -0.39 is 0 Å². The Morgan fingerprint density at radius 1 is 1.24 bits per heavy atom. The lowest BCUT2D eigenvalue weighted by molar-refractivity contribution is 0.242. The second-order valence-electron chi connectivity index (χ2n) is 6.15. The fourth-order valence-electron chi connectivity index (χ4n) is 2.69. The molecule has 0 fully saturated rings. The fraction of sp³-hybridized carbons (Fsp3) is 0.588. The van der Waals surface area contributed by atoms with E-state index in [9.17, 15) is 0 Å². The van der Waals surface area contributed by atoms with Crippen LogP contribution in [0, 0.1) is 0 Å². The molecule has 1 heterocycles. The Bertz CT molecular complexity index is 601. The van der Waals surface area contributed by atoms with Gasteiger partial charge in [0.25, 0.3) is 0 Å². The van der Waals surface area contributed by atoms with Crippen molar-refractivity contribution in [1.82, 2.24) is 9.55 Å². The summed E-state index contributed by atoms with van der Waals surface area (Å²) < 4.78 is 8.00. The lowest BCUT2D eigenvalue weighted by Crippen LogP contribution is -2.17. The first-order valence-corrected chi connectivity index (χ1v) is 7.88. The summed E-state index contributed by atoms with van der Waals surface area (Å²) in [6.07, 6.45) is 2.17. The van der Waals surface area contributed by atoms with E-state index in [0.29, 0.717) is 6.04 Å². The summed E-state index contributed by atoms with van der Waals surface area (Å²) in [5.41, 5.74) is 8.40. The van der Waals surface area contributed by atoms with Crippen LogP contribution >= 0.6 is 0 Å². The molecule has 0 amide bonds. The highest BCUT2D eigenvalue weighted by molar-refractivity contribution is 5.78. The molecular formula is C17H27N3O. The Balaban J connectivity index is 2.50. The Morgan fingerprint density at radius 2 is 1.95 bits per heavy atom. The molecule has 0 spiro atoms. The van der Waals surface area contributed by atoms with Crippen LogP contribution in [-0.2, 0) is 0 Å². The van der Waals surface area contributed by atoms with E-state index in [4.69, 9.17) is 15.5 Å². The van der Waals surface area contributed by atoms with Crippen molar-refractivity contribution in [1.29, 1.82) is 0 Å². The second-order valence-corrected chi connectivity index (χ2v) is 6.15. The molecule has 4 heteroatoms. The number of hydrogen-bond acceptors (Lipinski definition) is 3. The van der Waals surface area contributed by atoms with E-state index in [-0.39, 0.29) is 12.1 Å². The number of fused-ring (bicyclic) bond motifs is 1.